The Balaban J connectivity index is 2.58. The maximum Gasteiger partial charge on any atom is 0.261 e. The maximum atomic E-state index is 4.53. The molecule has 1 aliphatic rings. The number of thiocarbonyl (C=S) groups is 1. The average molecular weight is 115 g/mol. The van der Waals surface area contributed by atoms with Gasteiger partial charge in [-0.15, -0.1) is 5.43 Å². The van der Waals surface area contributed by atoms with E-state index in [-0.39, 0.29) is 0 Å². The molecule has 0 aliphatic carbocycles. The molecule has 1 heterocycles. The topological polar surface area (TPSA) is 42.1 Å². The fourth-order valence-electron chi connectivity index (χ4n) is 0.267. The predicted octanol–water partition coefficient (Wildman–Crippen LogP) is 0.103. The van der Waals surface area contributed by atoms with E-state index in [1.807, 2.05) is 0 Å². The molecule has 4 nitrogen and oxygen atoms in total. The zero-order valence-electron chi connectivity index (χ0n) is 3.70. The molecular formula is C2H3N4S. The Morgan fingerprint density at radius 1 is 1.71 bits per heavy atom. The monoisotopic (exact) mass is 115 g/mol. The van der Waals surface area contributed by atoms with Crippen molar-refractivity contribution >= 4 is 17.3 Å². The highest BCUT2D eigenvalue weighted by Gasteiger charge is 2.05. The Morgan fingerprint density at radius 2 is 2.43 bits per heavy atom. The van der Waals surface area contributed by atoms with Crippen LogP contribution in [0.15, 0.2) is 10.3 Å². The van der Waals surface area contributed by atoms with Gasteiger partial charge in [-0.2, -0.15) is 5.12 Å². The highest BCUT2D eigenvalue weighted by molar-refractivity contribution is 7.80. The molecule has 1 aliphatic heterocycles. The van der Waals surface area contributed by atoms with Crippen molar-refractivity contribution in [2.75, 3.05) is 7.05 Å². The van der Waals surface area contributed by atoms with Crippen LogP contribution >= 0.6 is 12.2 Å². The first-order valence-electron chi connectivity index (χ1n) is 1.70. The Bertz CT molecular complexity index is 119. The van der Waals surface area contributed by atoms with Gasteiger partial charge in [0.1, 0.15) is 0 Å². The number of hydrogen-bond donors (Lipinski definition) is 0. The molecule has 0 spiro atoms. The quantitative estimate of drug-likeness (QED) is 0.420. The highest BCUT2D eigenvalue weighted by atomic mass is 32.1. The molecule has 1 rings (SSSR count). The van der Waals surface area contributed by atoms with E-state index in [1.165, 1.54) is 5.12 Å². The van der Waals surface area contributed by atoms with Gasteiger partial charge < -0.3 is 0 Å². The van der Waals surface area contributed by atoms with Crippen LogP contribution in [0.25, 0.3) is 0 Å². The van der Waals surface area contributed by atoms with Crippen molar-refractivity contribution in [3.8, 4) is 0 Å². The third-order valence-corrected chi connectivity index (χ3v) is 0.653. The van der Waals surface area contributed by atoms with Crippen molar-refractivity contribution in [2.45, 2.75) is 0 Å². The molecule has 0 N–H and O–H groups in total. The fraction of sp³-hybridized carbons (Fsp3) is 0.500. The van der Waals surface area contributed by atoms with Gasteiger partial charge in [0.2, 0.25) is 0 Å². The summed E-state index contributed by atoms with van der Waals surface area (Å²) >= 11 is 4.53. The lowest BCUT2D eigenvalue weighted by Crippen LogP contribution is -2.18. The van der Waals surface area contributed by atoms with Gasteiger partial charge in [0.25, 0.3) is 5.11 Å². The van der Waals surface area contributed by atoms with Crippen LogP contribution < -0.4 is 5.43 Å². The largest absolute Gasteiger partial charge is 0.261 e. The van der Waals surface area contributed by atoms with Crippen molar-refractivity contribution in [3.63, 3.8) is 0 Å². The van der Waals surface area contributed by atoms with E-state index in [4.69, 9.17) is 0 Å². The minimum absolute atomic E-state index is 0.294. The van der Waals surface area contributed by atoms with Gasteiger partial charge in [-0.3, -0.25) is 0 Å². The van der Waals surface area contributed by atoms with Crippen molar-refractivity contribution in [2.24, 2.45) is 10.3 Å². The Kier molecular flexibility index (Phi) is 0.900. The zero-order chi connectivity index (χ0) is 5.28. The Hall–Kier alpha value is -0.710. The first-order valence-corrected chi connectivity index (χ1v) is 2.11. The molecule has 0 atom stereocenters. The van der Waals surface area contributed by atoms with Gasteiger partial charge >= 0.3 is 0 Å². The molecule has 0 amide bonds. The SMILES string of the molecule is CN1[N]C(=S)N=N1. The van der Waals surface area contributed by atoms with E-state index in [9.17, 15) is 0 Å². The molecule has 0 saturated heterocycles. The second kappa shape index (κ2) is 1.42. The van der Waals surface area contributed by atoms with Crippen LogP contribution in [-0.2, 0) is 0 Å². The average Bonchev–Trinajstić information content (AvgIpc) is 1.87. The molecule has 0 fully saturated rings. The smallest absolute Gasteiger partial charge is 0.166 e. The Morgan fingerprint density at radius 3 is 2.57 bits per heavy atom. The molecule has 0 unspecified atom stereocenters. The summed E-state index contributed by atoms with van der Waals surface area (Å²) in [5, 5.41) is 8.52. The van der Waals surface area contributed by atoms with Gasteiger partial charge in [0.05, 0.1) is 7.05 Å². The van der Waals surface area contributed by atoms with Gasteiger partial charge in [0, 0.05) is 0 Å². The summed E-state index contributed by atoms with van der Waals surface area (Å²) in [5.74, 6) is 0. The lowest BCUT2D eigenvalue weighted by Gasteiger charge is -1.95. The van der Waals surface area contributed by atoms with Crippen molar-refractivity contribution in [3.05, 3.63) is 0 Å². The second-order valence-corrected chi connectivity index (χ2v) is 1.43. The summed E-state index contributed by atoms with van der Waals surface area (Å²) in [7, 11) is 1.67. The molecule has 0 aromatic carbocycles. The van der Waals surface area contributed by atoms with Crippen molar-refractivity contribution in [1.29, 1.82) is 0 Å². The van der Waals surface area contributed by atoms with Crippen LogP contribution in [0.3, 0.4) is 0 Å². The van der Waals surface area contributed by atoms with Crippen molar-refractivity contribution < 1.29 is 0 Å². The summed E-state index contributed by atoms with van der Waals surface area (Å²) in [5.41, 5.74) is 3.62. The molecule has 37 valence electrons. The minimum atomic E-state index is 0.294. The lowest BCUT2D eigenvalue weighted by molar-refractivity contribution is 0.312. The summed E-state index contributed by atoms with van der Waals surface area (Å²) in [6.45, 7) is 0. The second-order valence-electron chi connectivity index (χ2n) is 1.06. The fourth-order valence-corrected chi connectivity index (χ4v) is 0.421. The lowest BCUT2D eigenvalue weighted by atomic mass is 11.2. The summed E-state index contributed by atoms with van der Waals surface area (Å²) in [6.07, 6.45) is 0. The molecular weight excluding hydrogens is 112 g/mol. The van der Waals surface area contributed by atoms with Gasteiger partial charge in [-0.05, 0) is 17.4 Å². The standard InChI is InChI=1S/C2H3N4S/c1-6-4-2(7)3-5-6/h1H3. The molecule has 0 aromatic rings. The molecule has 0 bridgehead atoms. The van der Waals surface area contributed by atoms with E-state index in [2.05, 4.69) is 28.0 Å². The van der Waals surface area contributed by atoms with E-state index in [0.29, 0.717) is 5.11 Å². The highest BCUT2D eigenvalue weighted by Crippen LogP contribution is 1.93. The molecule has 0 aromatic heterocycles. The summed E-state index contributed by atoms with van der Waals surface area (Å²) in [6, 6.07) is 0. The molecule has 1 radical (unpaired) electrons. The van der Waals surface area contributed by atoms with Gasteiger partial charge in [-0.25, -0.2) is 0 Å². The van der Waals surface area contributed by atoms with E-state index < -0.39 is 0 Å². The predicted molar refractivity (Wildman–Crippen MR) is 27.4 cm³/mol. The van der Waals surface area contributed by atoms with Gasteiger partial charge in [0.15, 0.2) is 0 Å². The summed E-state index contributed by atoms with van der Waals surface area (Å²) in [4.78, 5) is 0. The van der Waals surface area contributed by atoms with E-state index >= 15 is 0 Å². The van der Waals surface area contributed by atoms with Crippen LogP contribution in [0.1, 0.15) is 0 Å². The third-order valence-electron chi connectivity index (χ3n) is 0.490. The maximum absolute atomic E-state index is 4.53. The van der Waals surface area contributed by atoms with Crippen LogP contribution in [-0.4, -0.2) is 17.3 Å². The minimum Gasteiger partial charge on any atom is -0.166 e. The number of hydrogen-bond acceptors (Lipinski definition) is 3. The molecule has 7 heavy (non-hydrogen) atoms. The molecule has 0 saturated carbocycles. The van der Waals surface area contributed by atoms with Crippen LogP contribution in [0, 0.1) is 0 Å². The van der Waals surface area contributed by atoms with Gasteiger partial charge in [-0.1, -0.05) is 5.11 Å². The first-order chi connectivity index (χ1) is 3.29. The molecule has 5 heteroatoms. The van der Waals surface area contributed by atoms with E-state index in [0.717, 1.165) is 0 Å². The van der Waals surface area contributed by atoms with Crippen molar-refractivity contribution in [1.82, 2.24) is 10.5 Å². The van der Waals surface area contributed by atoms with E-state index in [1.54, 1.807) is 7.05 Å². The van der Waals surface area contributed by atoms with Crippen LogP contribution in [0.2, 0.25) is 0 Å². The third kappa shape index (κ3) is 0.833. The summed E-state index contributed by atoms with van der Waals surface area (Å²) < 4.78 is 0. The number of nitrogens with zero attached hydrogens (tertiary/aromatic N) is 4. The zero-order valence-corrected chi connectivity index (χ0v) is 4.51. The first kappa shape index (κ1) is 4.45. The van der Waals surface area contributed by atoms with Crippen LogP contribution in [0.5, 0.6) is 0 Å². The Labute approximate surface area is 46.2 Å². The number of rotatable bonds is 0. The van der Waals surface area contributed by atoms with Crippen LogP contribution in [0.4, 0.5) is 0 Å². The normalized spacial score (nSPS) is 17.9.